The minimum atomic E-state index is -0.964. The molecule has 4 amide bonds. The molecule has 1 aliphatic heterocycles. The smallest absolute Gasteiger partial charge is 0.407 e. The summed E-state index contributed by atoms with van der Waals surface area (Å²) in [6.45, 7) is 4.17. The van der Waals surface area contributed by atoms with Gasteiger partial charge in [0.05, 0.1) is 32.5 Å². The number of carbonyl (C=O) groups is 4. The summed E-state index contributed by atoms with van der Waals surface area (Å²) in [5.41, 5.74) is 6.57. The molecule has 0 aromatic heterocycles. The number of nitrogens with one attached hydrogen (secondary N) is 5. The van der Waals surface area contributed by atoms with E-state index < -0.39 is 23.9 Å². The number of amides is 4. The van der Waals surface area contributed by atoms with Gasteiger partial charge in [-0.1, -0.05) is 55.8 Å². The lowest BCUT2D eigenvalue weighted by Crippen LogP contribution is -2.56. The highest BCUT2D eigenvalue weighted by Crippen LogP contribution is 2.14. The van der Waals surface area contributed by atoms with Crippen LogP contribution in [0.1, 0.15) is 43.7 Å². The molecule has 13 heteroatoms. The highest BCUT2D eigenvalue weighted by Gasteiger charge is 2.25. The van der Waals surface area contributed by atoms with Crippen LogP contribution in [0.4, 0.5) is 4.79 Å². The van der Waals surface area contributed by atoms with Crippen LogP contribution in [0.2, 0.25) is 0 Å². The van der Waals surface area contributed by atoms with Gasteiger partial charge in [0, 0.05) is 13.0 Å². The second-order valence-electron chi connectivity index (χ2n) is 10.5. The van der Waals surface area contributed by atoms with E-state index in [1.807, 2.05) is 54.6 Å². The minimum absolute atomic E-state index is 0.132. The lowest BCUT2D eigenvalue weighted by molar-refractivity contribution is -0.134. The molecular formula is C32H45N5O8. The number of alkyl carbamates (subject to hydrolysis) is 1. The van der Waals surface area contributed by atoms with E-state index in [-0.39, 0.29) is 57.9 Å². The molecule has 1 aliphatic rings. The number of carbonyl (C=O) groups excluding carboxylic acids is 4. The number of benzene rings is 2. The predicted octanol–water partition coefficient (Wildman–Crippen LogP) is 1.75. The lowest BCUT2D eigenvalue weighted by atomic mass is 10.1. The maximum Gasteiger partial charge on any atom is 0.407 e. The number of rotatable bonds is 19. The van der Waals surface area contributed by atoms with Crippen LogP contribution in [0.5, 0.6) is 5.75 Å². The molecular weight excluding hydrogens is 582 g/mol. The van der Waals surface area contributed by atoms with Gasteiger partial charge < -0.3 is 34.9 Å². The van der Waals surface area contributed by atoms with Crippen LogP contribution in [-0.2, 0) is 41.6 Å². The van der Waals surface area contributed by atoms with Crippen LogP contribution in [0.25, 0.3) is 0 Å². The van der Waals surface area contributed by atoms with Crippen molar-refractivity contribution in [2.75, 3.05) is 46.1 Å². The first kappa shape index (κ1) is 35.3. The zero-order valence-electron chi connectivity index (χ0n) is 25.8. The molecule has 0 saturated carbocycles. The van der Waals surface area contributed by atoms with Crippen molar-refractivity contribution in [3.63, 3.8) is 0 Å². The Bertz CT molecular complexity index is 1180. The molecule has 2 aromatic rings. The Morgan fingerprint density at radius 2 is 1.69 bits per heavy atom. The van der Waals surface area contributed by atoms with Gasteiger partial charge in [0.2, 0.25) is 5.91 Å². The summed E-state index contributed by atoms with van der Waals surface area (Å²) >= 11 is 0. The van der Waals surface area contributed by atoms with Gasteiger partial charge >= 0.3 is 6.09 Å². The summed E-state index contributed by atoms with van der Waals surface area (Å²) in [6, 6.07) is 15.3. The van der Waals surface area contributed by atoms with E-state index in [1.54, 1.807) is 0 Å². The Hall–Kier alpha value is -4.20. The average molecular weight is 628 g/mol. The van der Waals surface area contributed by atoms with Crippen molar-refractivity contribution in [1.82, 2.24) is 26.8 Å². The third-order valence-electron chi connectivity index (χ3n) is 6.80. The van der Waals surface area contributed by atoms with E-state index >= 15 is 0 Å². The Morgan fingerprint density at radius 3 is 2.42 bits per heavy atom. The third kappa shape index (κ3) is 14.4. The minimum Gasteiger partial charge on any atom is -0.494 e. The maximum atomic E-state index is 13.0. The third-order valence-corrected chi connectivity index (χ3v) is 6.80. The Balaban J connectivity index is 1.36. The summed E-state index contributed by atoms with van der Waals surface area (Å²) in [5.74, 6) is -0.664. The molecule has 5 N–H and O–H groups in total. The van der Waals surface area contributed by atoms with Crippen LogP contribution < -0.4 is 31.5 Å². The fourth-order valence-electron chi connectivity index (χ4n) is 4.33. The van der Waals surface area contributed by atoms with Gasteiger partial charge in [-0.3, -0.25) is 25.2 Å². The standard InChI is InChI=1S/C32H45N5O8/c1-2-3-17-44-26-13-11-24(12-14-26)21-28(31(40)37-36-30(39)27-10-7-15-33-27)35-29(38)23-43-20-19-42-18-16-34-32(41)45-22-25-8-5-4-6-9-25/h4-6,8-9,11-14,27-28,33H,2-3,7,10,15-23H2,1H3,(H,34,41)(H,35,38)(H,36,39)(H,37,40)/t27?,28-/m0/s1. The first-order valence-corrected chi connectivity index (χ1v) is 15.4. The molecule has 246 valence electrons. The van der Waals surface area contributed by atoms with Crippen molar-refractivity contribution < 1.29 is 38.1 Å². The van der Waals surface area contributed by atoms with Gasteiger partial charge in [-0.15, -0.1) is 0 Å². The maximum absolute atomic E-state index is 13.0. The molecule has 1 fully saturated rings. The van der Waals surface area contributed by atoms with Crippen molar-refractivity contribution in [3.8, 4) is 5.75 Å². The van der Waals surface area contributed by atoms with Crippen molar-refractivity contribution >= 4 is 23.8 Å². The van der Waals surface area contributed by atoms with Crippen molar-refractivity contribution in [2.45, 2.75) is 57.7 Å². The summed E-state index contributed by atoms with van der Waals surface area (Å²) in [4.78, 5) is 49.7. The number of hydrogen-bond donors (Lipinski definition) is 5. The zero-order chi connectivity index (χ0) is 32.1. The summed E-state index contributed by atoms with van der Waals surface area (Å²) in [7, 11) is 0. The topological polar surface area (TPSA) is 165 Å². The quantitative estimate of drug-likeness (QED) is 0.115. The molecule has 1 unspecified atom stereocenters. The first-order chi connectivity index (χ1) is 21.9. The molecule has 3 rings (SSSR count). The molecule has 1 heterocycles. The van der Waals surface area contributed by atoms with E-state index in [2.05, 4.69) is 33.7 Å². The molecule has 0 radical (unpaired) electrons. The zero-order valence-corrected chi connectivity index (χ0v) is 25.8. The van der Waals surface area contributed by atoms with E-state index in [0.717, 1.165) is 42.7 Å². The monoisotopic (exact) mass is 627 g/mol. The van der Waals surface area contributed by atoms with Crippen LogP contribution >= 0.6 is 0 Å². The van der Waals surface area contributed by atoms with Gasteiger partial charge in [-0.2, -0.15) is 0 Å². The Labute approximate surface area is 264 Å². The normalized spacial score (nSPS) is 14.6. The van der Waals surface area contributed by atoms with E-state index in [1.165, 1.54) is 0 Å². The molecule has 2 aromatic carbocycles. The first-order valence-electron chi connectivity index (χ1n) is 15.4. The second kappa shape index (κ2) is 20.7. The number of hydrogen-bond acceptors (Lipinski definition) is 9. The van der Waals surface area contributed by atoms with Crippen LogP contribution in [0, 0.1) is 0 Å². The SMILES string of the molecule is CCCCOc1ccc(C[C@H](NC(=O)COCCOCCNC(=O)OCc2ccccc2)C(=O)NNC(=O)C2CCCN2)cc1. The summed E-state index contributed by atoms with van der Waals surface area (Å²) in [5, 5.41) is 8.35. The fourth-order valence-corrected chi connectivity index (χ4v) is 4.33. The summed E-state index contributed by atoms with van der Waals surface area (Å²) in [6.07, 6.45) is 3.20. The average Bonchev–Trinajstić information content (AvgIpc) is 3.60. The van der Waals surface area contributed by atoms with Gasteiger partial charge in [-0.05, 0) is 49.1 Å². The number of hydrazine groups is 1. The Morgan fingerprint density at radius 1 is 0.911 bits per heavy atom. The fraction of sp³-hybridized carbons (Fsp3) is 0.500. The number of unbranched alkanes of at least 4 members (excludes halogenated alkanes) is 1. The van der Waals surface area contributed by atoms with Gasteiger partial charge in [0.1, 0.15) is 25.0 Å². The molecule has 0 bridgehead atoms. The van der Waals surface area contributed by atoms with Crippen molar-refractivity contribution in [1.29, 1.82) is 0 Å². The van der Waals surface area contributed by atoms with E-state index in [0.29, 0.717) is 13.0 Å². The van der Waals surface area contributed by atoms with Gasteiger partial charge in [-0.25, -0.2) is 4.79 Å². The molecule has 0 spiro atoms. The van der Waals surface area contributed by atoms with Crippen LogP contribution in [0.15, 0.2) is 54.6 Å². The van der Waals surface area contributed by atoms with Crippen LogP contribution in [-0.4, -0.2) is 82.0 Å². The van der Waals surface area contributed by atoms with Crippen molar-refractivity contribution in [3.05, 3.63) is 65.7 Å². The predicted molar refractivity (Wildman–Crippen MR) is 166 cm³/mol. The summed E-state index contributed by atoms with van der Waals surface area (Å²) < 4.78 is 21.6. The number of ether oxygens (including phenoxy) is 4. The Kier molecular flexibility index (Phi) is 16.2. The molecule has 1 saturated heterocycles. The van der Waals surface area contributed by atoms with Gasteiger partial charge in [0.25, 0.3) is 11.8 Å². The lowest BCUT2D eigenvalue weighted by Gasteiger charge is -2.20. The molecule has 45 heavy (non-hydrogen) atoms. The van der Waals surface area contributed by atoms with E-state index in [9.17, 15) is 19.2 Å². The highest BCUT2D eigenvalue weighted by molar-refractivity contribution is 5.90. The molecule has 0 aliphatic carbocycles. The second-order valence-corrected chi connectivity index (χ2v) is 10.5. The van der Waals surface area contributed by atoms with Crippen molar-refractivity contribution in [2.24, 2.45) is 0 Å². The van der Waals surface area contributed by atoms with Gasteiger partial charge in [0.15, 0.2) is 0 Å². The van der Waals surface area contributed by atoms with E-state index in [4.69, 9.17) is 18.9 Å². The largest absolute Gasteiger partial charge is 0.494 e. The highest BCUT2D eigenvalue weighted by atomic mass is 16.6. The molecule has 2 atom stereocenters. The molecule has 13 nitrogen and oxygen atoms in total. The van der Waals surface area contributed by atoms with Crippen LogP contribution in [0.3, 0.4) is 0 Å².